The van der Waals surface area contributed by atoms with Crippen LogP contribution >= 0.6 is 11.6 Å². The quantitative estimate of drug-likeness (QED) is 0.753. The van der Waals surface area contributed by atoms with Crippen LogP contribution in [0.4, 0.5) is 5.69 Å². The molecule has 0 radical (unpaired) electrons. The van der Waals surface area contributed by atoms with Crippen LogP contribution in [0, 0.1) is 0 Å². The summed E-state index contributed by atoms with van der Waals surface area (Å²) in [5.74, 6) is 0. The van der Waals surface area contributed by atoms with E-state index in [2.05, 4.69) is 17.0 Å². The highest BCUT2D eigenvalue weighted by molar-refractivity contribution is 6.32. The molecule has 5 nitrogen and oxygen atoms in total. The molecule has 0 bridgehead atoms. The van der Waals surface area contributed by atoms with Crippen molar-refractivity contribution in [1.82, 2.24) is 9.78 Å². The number of aromatic nitrogens is 2. The molecule has 1 heterocycles. The molecular weight excluding hydrogens is 242 g/mol. The first kappa shape index (κ1) is 13.7. The van der Waals surface area contributed by atoms with Gasteiger partial charge in [-0.25, -0.2) is 4.68 Å². The number of aliphatic hydroxyl groups excluding tert-OH is 1. The number of allylic oxidation sites excluding steroid dienone is 1. The third kappa shape index (κ3) is 3.87. The Morgan fingerprint density at radius 1 is 1.76 bits per heavy atom. The molecule has 1 unspecified atom stereocenters. The second-order valence-corrected chi connectivity index (χ2v) is 4.09. The van der Waals surface area contributed by atoms with Gasteiger partial charge in [0, 0.05) is 6.54 Å². The Morgan fingerprint density at radius 3 is 3.06 bits per heavy atom. The minimum Gasteiger partial charge on any atom is -0.393 e. The van der Waals surface area contributed by atoms with Gasteiger partial charge in [-0.15, -0.1) is 6.58 Å². The minimum atomic E-state index is -0.393. The maximum Gasteiger partial charge on any atom is 0.287 e. The summed E-state index contributed by atoms with van der Waals surface area (Å²) < 4.78 is 1.23. The topological polar surface area (TPSA) is 67.2 Å². The van der Waals surface area contributed by atoms with Gasteiger partial charge in [-0.05, 0) is 13.3 Å². The summed E-state index contributed by atoms with van der Waals surface area (Å²) in [6, 6.07) is 0. The van der Waals surface area contributed by atoms with Gasteiger partial charge in [0.25, 0.3) is 5.56 Å². The summed E-state index contributed by atoms with van der Waals surface area (Å²) in [6.45, 7) is 6.09. The fourth-order valence-electron chi connectivity index (χ4n) is 1.26. The average molecular weight is 258 g/mol. The first-order chi connectivity index (χ1) is 8.06. The zero-order valence-electron chi connectivity index (χ0n) is 9.69. The van der Waals surface area contributed by atoms with E-state index < -0.39 is 6.10 Å². The summed E-state index contributed by atoms with van der Waals surface area (Å²) >= 11 is 5.92. The zero-order valence-corrected chi connectivity index (χ0v) is 10.4. The molecule has 0 spiro atoms. The molecule has 1 rings (SSSR count). The number of rotatable bonds is 6. The fourth-order valence-corrected chi connectivity index (χ4v) is 1.47. The lowest BCUT2D eigenvalue weighted by atomic mass is 10.3. The Balaban J connectivity index is 2.78. The molecule has 1 atom stereocenters. The van der Waals surface area contributed by atoms with Crippen molar-refractivity contribution in [3.63, 3.8) is 0 Å². The first-order valence-corrected chi connectivity index (χ1v) is 5.72. The molecule has 0 aliphatic heterocycles. The molecule has 0 fully saturated rings. The Labute approximate surface area is 105 Å². The van der Waals surface area contributed by atoms with Gasteiger partial charge in [-0.1, -0.05) is 17.7 Å². The van der Waals surface area contributed by atoms with Crippen molar-refractivity contribution in [2.45, 2.75) is 26.0 Å². The lowest BCUT2D eigenvalue weighted by molar-refractivity contribution is 0.189. The first-order valence-electron chi connectivity index (χ1n) is 5.34. The van der Waals surface area contributed by atoms with E-state index in [9.17, 15) is 4.79 Å². The van der Waals surface area contributed by atoms with Crippen LogP contribution in [0.3, 0.4) is 0 Å². The third-order valence-corrected chi connectivity index (χ3v) is 2.53. The van der Waals surface area contributed by atoms with Crippen molar-refractivity contribution in [2.75, 3.05) is 11.9 Å². The Hall–Kier alpha value is -1.33. The van der Waals surface area contributed by atoms with Crippen LogP contribution in [0.15, 0.2) is 23.6 Å². The Bertz CT molecular complexity index is 443. The summed E-state index contributed by atoms with van der Waals surface area (Å²) in [4.78, 5) is 11.7. The summed E-state index contributed by atoms with van der Waals surface area (Å²) in [5.41, 5.74) is 0.131. The van der Waals surface area contributed by atoms with Crippen LogP contribution < -0.4 is 10.9 Å². The van der Waals surface area contributed by atoms with E-state index in [1.54, 1.807) is 13.0 Å². The largest absolute Gasteiger partial charge is 0.393 e. The third-order valence-electron chi connectivity index (χ3n) is 2.16. The molecule has 1 aromatic rings. The number of hydrogen-bond donors (Lipinski definition) is 2. The predicted molar refractivity (Wildman–Crippen MR) is 68.5 cm³/mol. The van der Waals surface area contributed by atoms with E-state index in [1.165, 1.54) is 10.9 Å². The molecule has 2 N–H and O–H groups in total. The molecule has 94 valence electrons. The Morgan fingerprint density at radius 2 is 2.47 bits per heavy atom. The van der Waals surface area contributed by atoms with Gasteiger partial charge in [-0.3, -0.25) is 4.79 Å². The van der Waals surface area contributed by atoms with E-state index in [1.807, 2.05) is 0 Å². The van der Waals surface area contributed by atoms with Crippen LogP contribution in [0.2, 0.25) is 5.02 Å². The van der Waals surface area contributed by atoms with Gasteiger partial charge < -0.3 is 10.4 Å². The van der Waals surface area contributed by atoms with Gasteiger partial charge in [-0.2, -0.15) is 5.10 Å². The molecular formula is C11H16ClN3O2. The lowest BCUT2D eigenvalue weighted by Gasteiger charge is -2.10. The molecule has 6 heteroatoms. The Kier molecular flexibility index (Phi) is 5.18. The highest BCUT2D eigenvalue weighted by Gasteiger charge is 2.08. The molecule has 0 aromatic carbocycles. The summed E-state index contributed by atoms with van der Waals surface area (Å²) in [5, 5.41) is 16.1. The van der Waals surface area contributed by atoms with E-state index >= 15 is 0 Å². The van der Waals surface area contributed by atoms with Crippen molar-refractivity contribution in [3.05, 3.63) is 34.2 Å². The highest BCUT2D eigenvalue weighted by atomic mass is 35.5. The van der Waals surface area contributed by atoms with Gasteiger partial charge in [0.2, 0.25) is 0 Å². The van der Waals surface area contributed by atoms with Gasteiger partial charge in [0.15, 0.2) is 0 Å². The molecule has 0 saturated carbocycles. The van der Waals surface area contributed by atoms with Crippen molar-refractivity contribution in [3.8, 4) is 0 Å². The van der Waals surface area contributed by atoms with Crippen LogP contribution in [0.5, 0.6) is 0 Å². The summed E-state index contributed by atoms with van der Waals surface area (Å²) in [6.07, 6.45) is 3.25. The monoisotopic (exact) mass is 257 g/mol. The van der Waals surface area contributed by atoms with E-state index in [0.717, 1.165) is 0 Å². The normalized spacial score (nSPS) is 12.2. The highest BCUT2D eigenvalue weighted by Crippen LogP contribution is 2.15. The lowest BCUT2D eigenvalue weighted by Crippen LogP contribution is -2.24. The second kappa shape index (κ2) is 6.42. The number of anilines is 1. The summed E-state index contributed by atoms with van der Waals surface area (Å²) in [7, 11) is 0. The van der Waals surface area contributed by atoms with E-state index in [-0.39, 0.29) is 10.6 Å². The van der Waals surface area contributed by atoms with E-state index in [0.29, 0.717) is 25.2 Å². The van der Waals surface area contributed by atoms with Crippen molar-refractivity contribution < 1.29 is 5.11 Å². The average Bonchev–Trinajstić information content (AvgIpc) is 2.28. The number of hydrogen-bond acceptors (Lipinski definition) is 4. The molecule has 0 amide bonds. The number of halogens is 1. The van der Waals surface area contributed by atoms with E-state index in [4.69, 9.17) is 16.7 Å². The zero-order chi connectivity index (χ0) is 12.8. The maximum absolute atomic E-state index is 11.7. The molecule has 0 saturated heterocycles. The van der Waals surface area contributed by atoms with Gasteiger partial charge in [0.05, 0.1) is 24.5 Å². The standard InChI is InChI=1S/C11H16ClN3O2/c1-3-6-15-11(17)10(12)9(7-14-15)13-5-4-8(2)16/h3,7-8,13,16H,1,4-6H2,2H3. The van der Waals surface area contributed by atoms with Crippen molar-refractivity contribution in [1.29, 1.82) is 0 Å². The van der Waals surface area contributed by atoms with Crippen LogP contribution in [-0.2, 0) is 6.54 Å². The van der Waals surface area contributed by atoms with Crippen LogP contribution in [-0.4, -0.2) is 27.5 Å². The molecule has 1 aromatic heterocycles. The van der Waals surface area contributed by atoms with Gasteiger partial charge in [0.1, 0.15) is 5.02 Å². The molecule has 0 aliphatic carbocycles. The number of nitrogens with one attached hydrogen (secondary N) is 1. The predicted octanol–water partition coefficient (Wildman–Crippen LogP) is 1.27. The SMILES string of the molecule is C=CCn1ncc(NCCC(C)O)c(Cl)c1=O. The minimum absolute atomic E-state index is 0.104. The smallest absolute Gasteiger partial charge is 0.287 e. The molecule has 17 heavy (non-hydrogen) atoms. The number of nitrogens with zero attached hydrogens (tertiary/aromatic N) is 2. The fraction of sp³-hybridized carbons (Fsp3) is 0.455. The van der Waals surface area contributed by atoms with Crippen LogP contribution in [0.1, 0.15) is 13.3 Å². The van der Waals surface area contributed by atoms with Crippen LogP contribution in [0.25, 0.3) is 0 Å². The number of aliphatic hydroxyl groups is 1. The van der Waals surface area contributed by atoms with Crippen molar-refractivity contribution in [2.24, 2.45) is 0 Å². The van der Waals surface area contributed by atoms with Crippen molar-refractivity contribution >= 4 is 17.3 Å². The molecule has 0 aliphatic rings. The van der Waals surface area contributed by atoms with Gasteiger partial charge >= 0.3 is 0 Å². The maximum atomic E-state index is 11.7. The second-order valence-electron chi connectivity index (χ2n) is 3.71.